The molecule has 35 heavy (non-hydrogen) atoms. The highest BCUT2D eigenvalue weighted by Gasteiger charge is 2.14. The van der Waals surface area contributed by atoms with Gasteiger partial charge in [0.05, 0.1) is 31.0 Å². The molecule has 0 saturated carbocycles. The van der Waals surface area contributed by atoms with Crippen molar-refractivity contribution in [1.29, 1.82) is 0 Å². The van der Waals surface area contributed by atoms with Gasteiger partial charge in [0, 0.05) is 18.4 Å². The minimum absolute atomic E-state index is 0.0642. The third kappa shape index (κ3) is 5.84. The fourth-order valence-corrected chi connectivity index (χ4v) is 3.76. The Morgan fingerprint density at radius 3 is 2.63 bits per heavy atom. The van der Waals surface area contributed by atoms with Crippen molar-refractivity contribution in [3.63, 3.8) is 0 Å². The number of fused-ring (bicyclic) bond motifs is 1. The highest BCUT2D eigenvalue weighted by atomic mass is 32.2. The Morgan fingerprint density at radius 1 is 1.11 bits per heavy atom. The smallest absolute Gasteiger partial charge is 0.251 e. The van der Waals surface area contributed by atoms with E-state index in [0.29, 0.717) is 28.2 Å². The third-order valence-electron chi connectivity index (χ3n) is 5.05. The van der Waals surface area contributed by atoms with Crippen molar-refractivity contribution >= 4 is 32.6 Å². The molecule has 12 heteroatoms. The fraction of sp³-hybridized carbons (Fsp3) is 0.217. The summed E-state index contributed by atoms with van der Waals surface area (Å²) in [5.41, 5.74) is 2.59. The maximum atomic E-state index is 12.1. The number of aromatic nitrogens is 4. The van der Waals surface area contributed by atoms with Gasteiger partial charge in [-0.05, 0) is 29.8 Å². The quantitative estimate of drug-likeness (QED) is 0.353. The average molecular weight is 494 g/mol. The van der Waals surface area contributed by atoms with Gasteiger partial charge in [-0.2, -0.15) is 10.2 Å². The summed E-state index contributed by atoms with van der Waals surface area (Å²) in [5.74, 6) is 0.604. The number of carbonyl (C=O) groups is 1. The highest BCUT2D eigenvalue weighted by Crippen LogP contribution is 2.28. The van der Waals surface area contributed by atoms with Crippen molar-refractivity contribution in [2.75, 3.05) is 25.7 Å². The van der Waals surface area contributed by atoms with Crippen LogP contribution in [0.5, 0.6) is 5.75 Å². The number of amides is 1. The van der Waals surface area contributed by atoms with E-state index in [1.807, 2.05) is 24.3 Å². The molecule has 2 heterocycles. The molecule has 0 aliphatic heterocycles. The van der Waals surface area contributed by atoms with E-state index in [4.69, 9.17) is 4.74 Å². The number of nitrogens with zero attached hydrogens (tertiary/aromatic N) is 6. The summed E-state index contributed by atoms with van der Waals surface area (Å²) in [4.78, 5) is 20.7. The molecule has 180 valence electrons. The van der Waals surface area contributed by atoms with E-state index in [-0.39, 0.29) is 24.7 Å². The topological polar surface area (TPSA) is 141 Å². The summed E-state index contributed by atoms with van der Waals surface area (Å²) >= 11 is 0. The van der Waals surface area contributed by atoms with Crippen LogP contribution in [0.2, 0.25) is 0 Å². The Morgan fingerprint density at radius 2 is 1.89 bits per heavy atom. The first-order valence-electron chi connectivity index (χ1n) is 10.6. The summed E-state index contributed by atoms with van der Waals surface area (Å²) in [6.07, 6.45) is 4.16. The number of para-hydroxylation sites is 2. The Bertz CT molecular complexity index is 1480. The molecule has 0 unspecified atom stereocenters. The monoisotopic (exact) mass is 493 g/mol. The molecule has 0 atom stereocenters. The number of benzene rings is 2. The van der Waals surface area contributed by atoms with Gasteiger partial charge in [0.2, 0.25) is 0 Å². The van der Waals surface area contributed by atoms with Gasteiger partial charge in [-0.3, -0.25) is 4.79 Å². The zero-order chi connectivity index (χ0) is 24.8. The Balaban J connectivity index is 1.44. The van der Waals surface area contributed by atoms with Crippen LogP contribution in [0.3, 0.4) is 0 Å². The Hall–Kier alpha value is -4.19. The molecule has 0 bridgehead atoms. The van der Waals surface area contributed by atoms with Crippen LogP contribution in [0.1, 0.15) is 15.9 Å². The van der Waals surface area contributed by atoms with Gasteiger partial charge in [0.1, 0.15) is 27.6 Å². The van der Waals surface area contributed by atoms with E-state index >= 15 is 0 Å². The number of sulfone groups is 1. The molecule has 0 aliphatic rings. The lowest BCUT2D eigenvalue weighted by molar-refractivity contribution is 0.0956. The fourth-order valence-electron chi connectivity index (χ4n) is 3.29. The molecule has 4 aromatic rings. The van der Waals surface area contributed by atoms with Crippen molar-refractivity contribution in [2.24, 2.45) is 10.2 Å². The molecule has 0 radical (unpaired) electrons. The van der Waals surface area contributed by atoms with Crippen LogP contribution < -0.4 is 10.1 Å². The predicted octanol–water partition coefficient (Wildman–Crippen LogP) is 2.88. The zero-order valence-electron chi connectivity index (χ0n) is 19.1. The molecular formula is C23H23N7O4S. The van der Waals surface area contributed by atoms with Gasteiger partial charge in [0.25, 0.3) is 5.91 Å². The molecule has 2 aromatic heterocycles. The first kappa shape index (κ1) is 24.0. The third-order valence-corrected chi connectivity index (χ3v) is 6.00. The molecule has 2 aromatic carbocycles. The van der Waals surface area contributed by atoms with Crippen LogP contribution in [0, 0.1) is 0 Å². The van der Waals surface area contributed by atoms with Gasteiger partial charge < -0.3 is 10.1 Å². The number of rotatable bonds is 9. The van der Waals surface area contributed by atoms with Gasteiger partial charge in [-0.1, -0.05) is 24.3 Å². The van der Waals surface area contributed by atoms with Crippen molar-refractivity contribution in [2.45, 2.75) is 6.54 Å². The molecule has 1 amide bonds. The number of azo groups is 1. The van der Waals surface area contributed by atoms with Gasteiger partial charge in [-0.25, -0.2) is 23.1 Å². The molecule has 0 saturated heterocycles. The minimum atomic E-state index is -3.13. The van der Waals surface area contributed by atoms with Gasteiger partial charge >= 0.3 is 0 Å². The van der Waals surface area contributed by atoms with Gasteiger partial charge in [0.15, 0.2) is 11.5 Å². The zero-order valence-corrected chi connectivity index (χ0v) is 19.9. The van der Waals surface area contributed by atoms with Crippen LogP contribution in [0.15, 0.2) is 71.3 Å². The van der Waals surface area contributed by atoms with Crippen LogP contribution in [0.25, 0.3) is 16.7 Å². The van der Waals surface area contributed by atoms with E-state index in [9.17, 15) is 13.2 Å². The van der Waals surface area contributed by atoms with Crippen molar-refractivity contribution in [3.8, 4) is 11.4 Å². The molecular weight excluding hydrogens is 470 g/mol. The maximum absolute atomic E-state index is 12.1. The van der Waals surface area contributed by atoms with Crippen molar-refractivity contribution in [1.82, 2.24) is 25.1 Å². The SMILES string of the molecule is COc1ccccc1-n1ncc2c(N=NCc3ccc(C(=O)NCCS(C)(=O)=O)cc3)ncnc21. The second-order valence-corrected chi connectivity index (χ2v) is 9.90. The minimum Gasteiger partial charge on any atom is -0.494 e. The number of hydrogen-bond donors (Lipinski definition) is 1. The van der Waals surface area contributed by atoms with Crippen molar-refractivity contribution < 1.29 is 17.9 Å². The lowest BCUT2D eigenvalue weighted by Gasteiger charge is -2.08. The lowest BCUT2D eigenvalue weighted by Crippen LogP contribution is -2.28. The summed E-state index contributed by atoms with van der Waals surface area (Å²) < 4.78 is 29.4. The normalized spacial score (nSPS) is 11.7. The Kier molecular flexibility index (Phi) is 7.11. The first-order valence-corrected chi connectivity index (χ1v) is 12.7. The largest absolute Gasteiger partial charge is 0.494 e. The highest BCUT2D eigenvalue weighted by molar-refractivity contribution is 7.90. The number of carbonyl (C=O) groups excluding carboxylic acids is 1. The lowest BCUT2D eigenvalue weighted by atomic mass is 10.1. The summed E-state index contributed by atoms with van der Waals surface area (Å²) in [5, 5.41) is 16.1. The average Bonchev–Trinajstić information content (AvgIpc) is 3.28. The standard InChI is InChI=1S/C23H23N7O4S/c1-34-20-6-4-3-5-19(20)30-22-18(14-28-30)21(25-15-26-22)29-27-13-16-7-9-17(10-8-16)23(31)24-11-12-35(2,32)33/h3-10,14-15H,11-13H2,1-2H3,(H,24,31). The molecule has 1 N–H and O–H groups in total. The maximum Gasteiger partial charge on any atom is 0.251 e. The summed E-state index contributed by atoms with van der Waals surface area (Å²) in [7, 11) is -1.53. The summed E-state index contributed by atoms with van der Waals surface area (Å²) in [6.45, 7) is 0.344. The number of hydrogen-bond acceptors (Lipinski definition) is 9. The van der Waals surface area contributed by atoms with E-state index in [2.05, 4.69) is 30.6 Å². The van der Waals surface area contributed by atoms with E-state index in [1.165, 1.54) is 6.33 Å². The molecule has 0 spiro atoms. The van der Waals surface area contributed by atoms with E-state index in [1.54, 1.807) is 42.3 Å². The van der Waals surface area contributed by atoms with E-state index in [0.717, 1.165) is 17.5 Å². The molecule has 11 nitrogen and oxygen atoms in total. The van der Waals surface area contributed by atoms with Crippen LogP contribution in [-0.4, -0.2) is 59.7 Å². The van der Waals surface area contributed by atoms with Gasteiger partial charge in [-0.15, -0.1) is 5.11 Å². The van der Waals surface area contributed by atoms with Crippen LogP contribution in [-0.2, 0) is 16.4 Å². The Labute approximate surface area is 201 Å². The molecule has 4 rings (SSSR count). The van der Waals surface area contributed by atoms with Crippen LogP contribution in [0.4, 0.5) is 5.82 Å². The first-order chi connectivity index (χ1) is 16.9. The molecule has 0 aliphatic carbocycles. The number of nitrogens with one attached hydrogen (secondary N) is 1. The van der Waals surface area contributed by atoms with Crippen molar-refractivity contribution in [3.05, 3.63) is 72.2 Å². The number of ether oxygens (including phenoxy) is 1. The second-order valence-electron chi connectivity index (χ2n) is 7.65. The molecule has 0 fully saturated rings. The second kappa shape index (κ2) is 10.4. The van der Waals surface area contributed by atoms with E-state index < -0.39 is 9.84 Å². The number of methoxy groups -OCH3 is 1. The predicted molar refractivity (Wildman–Crippen MR) is 130 cm³/mol. The summed E-state index contributed by atoms with van der Waals surface area (Å²) in [6, 6.07) is 14.3. The van der Waals surface area contributed by atoms with Crippen LogP contribution >= 0.6 is 0 Å².